The molecule has 0 saturated heterocycles. The highest BCUT2D eigenvalue weighted by molar-refractivity contribution is 5.97. The molecule has 0 unspecified atom stereocenters. The van der Waals surface area contributed by atoms with Gasteiger partial charge >= 0.3 is 0 Å². The molecule has 0 aliphatic heterocycles. The molecule has 5 nitrogen and oxygen atoms in total. The Morgan fingerprint density at radius 1 is 1.15 bits per heavy atom. The van der Waals surface area contributed by atoms with Gasteiger partial charge in [0, 0.05) is 24.8 Å². The van der Waals surface area contributed by atoms with E-state index in [9.17, 15) is 9.59 Å². The minimum Gasteiger partial charge on any atom is -0.355 e. The fraction of sp³-hybridized carbons (Fsp3) is 0.467. The van der Waals surface area contributed by atoms with E-state index in [4.69, 9.17) is 5.73 Å². The summed E-state index contributed by atoms with van der Waals surface area (Å²) in [5.41, 5.74) is 6.45. The average Bonchev–Trinajstić information content (AvgIpc) is 2.49. The molecule has 0 atom stereocenters. The minimum atomic E-state index is -0.528. The highest BCUT2D eigenvalue weighted by Crippen LogP contribution is 2.27. The summed E-state index contributed by atoms with van der Waals surface area (Å²) in [5.74, 6) is -0.223. The maximum absolute atomic E-state index is 12.3. The van der Waals surface area contributed by atoms with E-state index in [1.54, 1.807) is 31.3 Å². The lowest BCUT2D eigenvalue weighted by Gasteiger charge is -2.28. The van der Waals surface area contributed by atoms with Crippen LogP contribution in [0.5, 0.6) is 0 Å². The normalized spacial score (nSPS) is 11.0. The van der Waals surface area contributed by atoms with Gasteiger partial charge < -0.3 is 16.4 Å². The molecule has 4 N–H and O–H groups in total. The SMILES string of the molecule is CCC(CC)(CN)C(=O)Nc1ccc(C(=O)NC)cc1. The first kappa shape index (κ1) is 16.2. The molecule has 0 aliphatic carbocycles. The van der Waals surface area contributed by atoms with Gasteiger partial charge in [-0.3, -0.25) is 9.59 Å². The molecular formula is C15H23N3O2. The highest BCUT2D eigenvalue weighted by atomic mass is 16.2. The number of hydrogen-bond donors (Lipinski definition) is 3. The van der Waals surface area contributed by atoms with E-state index in [1.807, 2.05) is 13.8 Å². The Balaban J connectivity index is 2.83. The van der Waals surface area contributed by atoms with Gasteiger partial charge in [-0.25, -0.2) is 0 Å². The molecule has 0 saturated carbocycles. The average molecular weight is 277 g/mol. The first-order chi connectivity index (χ1) is 9.52. The van der Waals surface area contributed by atoms with Gasteiger partial charge in [-0.2, -0.15) is 0 Å². The lowest BCUT2D eigenvalue weighted by molar-refractivity contribution is -0.125. The molecule has 110 valence electrons. The van der Waals surface area contributed by atoms with Crippen molar-refractivity contribution < 1.29 is 9.59 Å². The van der Waals surface area contributed by atoms with Gasteiger partial charge in [0.1, 0.15) is 0 Å². The van der Waals surface area contributed by atoms with Crippen molar-refractivity contribution in [3.05, 3.63) is 29.8 Å². The summed E-state index contributed by atoms with van der Waals surface area (Å²) < 4.78 is 0. The van der Waals surface area contributed by atoms with Gasteiger partial charge in [0.05, 0.1) is 5.41 Å². The lowest BCUT2D eigenvalue weighted by Crippen LogP contribution is -2.41. The smallest absolute Gasteiger partial charge is 0.251 e. The summed E-state index contributed by atoms with van der Waals surface area (Å²) >= 11 is 0. The number of nitrogens with one attached hydrogen (secondary N) is 2. The van der Waals surface area contributed by atoms with Crippen LogP contribution in [0.25, 0.3) is 0 Å². The summed E-state index contributed by atoms with van der Waals surface area (Å²) in [6.07, 6.45) is 1.39. The van der Waals surface area contributed by atoms with Crippen molar-refractivity contribution >= 4 is 17.5 Å². The van der Waals surface area contributed by atoms with Crippen molar-refractivity contribution in [1.82, 2.24) is 5.32 Å². The fourth-order valence-electron chi connectivity index (χ4n) is 2.07. The Morgan fingerprint density at radius 3 is 2.10 bits per heavy atom. The molecule has 0 aliphatic rings. The largest absolute Gasteiger partial charge is 0.355 e. The van der Waals surface area contributed by atoms with Gasteiger partial charge in [-0.15, -0.1) is 0 Å². The predicted octanol–water partition coefficient (Wildman–Crippen LogP) is 1.75. The number of carbonyl (C=O) groups excluding carboxylic acids is 2. The van der Waals surface area contributed by atoms with Crippen molar-refractivity contribution in [2.24, 2.45) is 11.1 Å². The molecule has 2 amide bonds. The van der Waals surface area contributed by atoms with Crippen LogP contribution in [0, 0.1) is 5.41 Å². The first-order valence-corrected chi connectivity index (χ1v) is 6.86. The molecule has 20 heavy (non-hydrogen) atoms. The van der Waals surface area contributed by atoms with Crippen molar-refractivity contribution in [3.63, 3.8) is 0 Å². The topological polar surface area (TPSA) is 84.2 Å². The summed E-state index contributed by atoms with van der Waals surface area (Å²) in [7, 11) is 1.58. The molecule has 0 fully saturated rings. The third-order valence-corrected chi connectivity index (χ3v) is 3.86. The number of nitrogens with two attached hydrogens (primary N) is 1. The van der Waals surface area contributed by atoms with Crippen LogP contribution in [-0.2, 0) is 4.79 Å². The van der Waals surface area contributed by atoms with Crippen LogP contribution in [0.1, 0.15) is 37.0 Å². The maximum atomic E-state index is 12.3. The van der Waals surface area contributed by atoms with E-state index < -0.39 is 5.41 Å². The zero-order valence-corrected chi connectivity index (χ0v) is 12.3. The lowest BCUT2D eigenvalue weighted by atomic mass is 9.81. The molecule has 0 aromatic heterocycles. The Hall–Kier alpha value is -1.88. The number of hydrogen-bond acceptors (Lipinski definition) is 3. The zero-order chi connectivity index (χ0) is 15.2. The zero-order valence-electron chi connectivity index (χ0n) is 12.3. The number of rotatable bonds is 6. The minimum absolute atomic E-state index is 0.0716. The van der Waals surface area contributed by atoms with Crippen LogP contribution in [0.2, 0.25) is 0 Å². The molecule has 0 radical (unpaired) electrons. The monoisotopic (exact) mass is 277 g/mol. The van der Waals surface area contributed by atoms with Crippen LogP contribution < -0.4 is 16.4 Å². The summed E-state index contributed by atoms with van der Waals surface area (Å²) in [4.78, 5) is 23.8. The Morgan fingerprint density at radius 2 is 1.70 bits per heavy atom. The van der Waals surface area contributed by atoms with Crippen LogP contribution in [0.15, 0.2) is 24.3 Å². The van der Waals surface area contributed by atoms with Crippen LogP contribution in [-0.4, -0.2) is 25.4 Å². The molecule has 0 heterocycles. The quantitative estimate of drug-likeness (QED) is 0.740. The number of benzene rings is 1. The Labute approximate surface area is 119 Å². The molecular weight excluding hydrogens is 254 g/mol. The van der Waals surface area contributed by atoms with Gasteiger partial charge in [-0.1, -0.05) is 13.8 Å². The second kappa shape index (κ2) is 7.05. The number of amides is 2. The van der Waals surface area contributed by atoms with Gasteiger partial charge in [0.2, 0.25) is 5.91 Å². The first-order valence-electron chi connectivity index (χ1n) is 6.86. The highest BCUT2D eigenvalue weighted by Gasteiger charge is 2.33. The maximum Gasteiger partial charge on any atom is 0.251 e. The van der Waals surface area contributed by atoms with Crippen LogP contribution in [0.3, 0.4) is 0 Å². The molecule has 1 aromatic carbocycles. The predicted molar refractivity (Wildman–Crippen MR) is 80.5 cm³/mol. The molecule has 1 rings (SSSR count). The molecule has 1 aromatic rings. The summed E-state index contributed by atoms with van der Waals surface area (Å²) in [5, 5.41) is 5.42. The van der Waals surface area contributed by atoms with Gasteiger partial charge in [-0.05, 0) is 37.1 Å². The van der Waals surface area contributed by atoms with E-state index in [0.29, 0.717) is 30.6 Å². The third-order valence-electron chi connectivity index (χ3n) is 3.86. The van der Waals surface area contributed by atoms with Crippen LogP contribution >= 0.6 is 0 Å². The Kier molecular flexibility index (Phi) is 5.70. The van der Waals surface area contributed by atoms with E-state index in [-0.39, 0.29) is 11.8 Å². The fourth-order valence-corrected chi connectivity index (χ4v) is 2.07. The third kappa shape index (κ3) is 3.36. The van der Waals surface area contributed by atoms with Gasteiger partial charge in [0.25, 0.3) is 5.91 Å². The standard InChI is InChI=1S/C15H23N3O2/c1-4-15(5-2,10-16)14(20)18-12-8-6-11(7-9-12)13(19)17-3/h6-9H,4-5,10,16H2,1-3H3,(H,17,19)(H,18,20). The van der Waals surface area contributed by atoms with E-state index in [1.165, 1.54) is 0 Å². The molecule has 5 heteroatoms. The second-order valence-corrected chi connectivity index (χ2v) is 4.80. The summed E-state index contributed by atoms with van der Waals surface area (Å²) in [6.45, 7) is 4.25. The van der Waals surface area contributed by atoms with E-state index >= 15 is 0 Å². The Bertz CT molecular complexity index is 456. The van der Waals surface area contributed by atoms with Crippen molar-refractivity contribution in [3.8, 4) is 0 Å². The summed E-state index contributed by atoms with van der Waals surface area (Å²) in [6, 6.07) is 6.79. The van der Waals surface area contributed by atoms with E-state index in [0.717, 1.165) is 0 Å². The molecule has 0 bridgehead atoms. The van der Waals surface area contributed by atoms with E-state index in [2.05, 4.69) is 10.6 Å². The van der Waals surface area contributed by atoms with Crippen LogP contribution in [0.4, 0.5) is 5.69 Å². The second-order valence-electron chi connectivity index (χ2n) is 4.80. The number of anilines is 1. The van der Waals surface area contributed by atoms with Gasteiger partial charge in [0.15, 0.2) is 0 Å². The number of carbonyl (C=O) groups is 2. The van der Waals surface area contributed by atoms with Crippen molar-refractivity contribution in [1.29, 1.82) is 0 Å². The van der Waals surface area contributed by atoms with Crippen molar-refractivity contribution in [2.45, 2.75) is 26.7 Å². The van der Waals surface area contributed by atoms with Crippen molar-refractivity contribution in [2.75, 3.05) is 18.9 Å². The molecule has 0 spiro atoms.